The summed E-state index contributed by atoms with van der Waals surface area (Å²) < 4.78 is 245. The number of hydrogen-bond donors (Lipinski definition) is 2. The molecule has 0 saturated carbocycles. The minimum Gasteiger partial charge on any atom is -0.449 e. The molecule has 7 nitrogen and oxygen atoms in total. The molecule has 2 N–H and O–H groups in total. The molecular formula is C29H31F17N2O5. The van der Waals surface area contributed by atoms with Crippen molar-refractivity contribution >= 4 is 23.6 Å². The van der Waals surface area contributed by atoms with Crippen molar-refractivity contribution in [2.24, 2.45) is 0 Å². The van der Waals surface area contributed by atoms with Crippen LogP contribution in [0, 0.1) is 0 Å². The average Bonchev–Trinajstić information content (AvgIpc) is 3.02. The van der Waals surface area contributed by atoms with Gasteiger partial charge in [-0.3, -0.25) is 10.6 Å². The Hall–Kier alpha value is -3.89. The highest BCUT2D eigenvalue weighted by molar-refractivity contribution is 5.89. The van der Waals surface area contributed by atoms with E-state index in [9.17, 15) is 84.2 Å². The lowest BCUT2D eigenvalue weighted by atomic mass is 9.91. The summed E-state index contributed by atoms with van der Waals surface area (Å²) in [7, 11) is 0. The van der Waals surface area contributed by atoms with Gasteiger partial charge in [0.2, 0.25) is 5.83 Å². The van der Waals surface area contributed by atoms with Gasteiger partial charge in [0.15, 0.2) is 0 Å². The predicted molar refractivity (Wildman–Crippen MR) is 150 cm³/mol. The normalized spacial score (nSPS) is 14.0. The van der Waals surface area contributed by atoms with Gasteiger partial charge in [-0.25, -0.2) is 9.59 Å². The van der Waals surface area contributed by atoms with E-state index in [1.807, 2.05) is 24.5 Å². The zero-order valence-corrected chi connectivity index (χ0v) is 27.3. The quantitative estimate of drug-likeness (QED) is 0.0778. The number of carbonyl (C=O) groups excluding carboxylic acids is 2. The van der Waals surface area contributed by atoms with Crippen LogP contribution in [0.25, 0.3) is 0 Å². The van der Waals surface area contributed by atoms with E-state index in [2.05, 4.69) is 4.74 Å². The maximum Gasteiger partial charge on any atom is 0.460 e. The third kappa shape index (κ3) is 10.6. The number of unbranched alkanes of at least 4 members (excludes halogenated alkanes) is 6. The van der Waals surface area contributed by atoms with Crippen molar-refractivity contribution in [2.75, 3.05) is 23.8 Å². The zero-order chi connectivity index (χ0) is 41.3. The topological polar surface area (TPSA) is 85.9 Å². The minimum atomic E-state index is -8.74. The van der Waals surface area contributed by atoms with Crippen molar-refractivity contribution in [3.8, 4) is 5.75 Å². The standard InChI is InChI=1S/C29H31F17N2O5/c1-3-5-7-9-11-51-21(49)47-16-13-17(48-22(50)52-12-10-8-6-4-2)15-18(14-16)53-20(31)19(30)23(32,33)24(34,35)25(36,37)26(38,39)27(40,41)28(42,43)29(44,45)46/h13-15H,3-12H2,1-2H3,(H,47,49)(H,48,50). The lowest BCUT2D eigenvalue weighted by molar-refractivity contribution is -0.451. The maximum atomic E-state index is 14.5. The first-order chi connectivity index (χ1) is 24.1. The van der Waals surface area contributed by atoms with Crippen molar-refractivity contribution < 1.29 is 98.4 Å². The van der Waals surface area contributed by atoms with Gasteiger partial charge in [-0.2, -0.15) is 74.6 Å². The summed E-state index contributed by atoms with van der Waals surface area (Å²) in [4.78, 5) is 24.3. The highest BCUT2D eigenvalue weighted by Crippen LogP contribution is 2.63. The molecule has 0 spiro atoms. The number of rotatable bonds is 20. The summed E-state index contributed by atoms with van der Waals surface area (Å²) in [5.41, 5.74) is -1.27. The highest BCUT2D eigenvalue weighted by Gasteiger charge is 2.94. The summed E-state index contributed by atoms with van der Waals surface area (Å²) >= 11 is 0. The summed E-state index contributed by atoms with van der Waals surface area (Å²) in [6.07, 6.45) is -5.31. The molecule has 0 aromatic heterocycles. The molecule has 0 aliphatic heterocycles. The third-order valence-corrected chi connectivity index (χ3v) is 6.84. The number of halogens is 17. The van der Waals surface area contributed by atoms with Crippen LogP contribution in [0.15, 0.2) is 30.0 Å². The molecule has 1 aromatic rings. The Morgan fingerprint density at radius 1 is 0.547 bits per heavy atom. The number of carbonyl (C=O) groups is 2. The van der Waals surface area contributed by atoms with Crippen LogP contribution >= 0.6 is 0 Å². The molecule has 0 saturated heterocycles. The van der Waals surface area contributed by atoms with Gasteiger partial charge in [0.25, 0.3) is 0 Å². The van der Waals surface area contributed by atoms with Crippen LogP contribution in [-0.2, 0) is 9.47 Å². The van der Waals surface area contributed by atoms with Crippen molar-refractivity contribution in [3.05, 3.63) is 30.0 Å². The first-order valence-corrected chi connectivity index (χ1v) is 15.2. The summed E-state index contributed by atoms with van der Waals surface area (Å²) in [5.74, 6) is -56.4. The summed E-state index contributed by atoms with van der Waals surface area (Å²) in [6, 6.07) is -2.18. The second-order valence-corrected chi connectivity index (χ2v) is 11.0. The van der Waals surface area contributed by atoms with Crippen LogP contribution in [0.3, 0.4) is 0 Å². The van der Waals surface area contributed by atoms with Gasteiger partial charge in [-0.05, 0) is 18.9 Å². The Labute approximate surface area is 289 Å². The number of benzene rings is 1. The van der Waals surface area contributed by atoms with Crippen LogP contribution in [0.1, 0.15) is 65.2 Å². The van der Waals surface area contributed by atoms with Gasteiger partial charge in [-0.1, -0.05) is 52.4 Å². The van der Waals surface area contributed by atoms with Crippen LogP contribution in [-0.4, -0.2) is 67.1 Å². The highest BCUT2D eigenvalue weighted by atomic mass is 19.4. The lowest BCUT2D eigenvalue weighted by Crippen LogP contribution is -2.72. The minimum absolute atomic E-state index is 0.174. The lowest BCUT2D eigenvalue weighted by Gasteiger charge is -2.41. The SMILES string of the molecule is CCCCCCOC(=O)Nc1cc(NC(=O)OCCCCCC)cc(OC(F)=C(F)C(F)(F)C(F)(F)C(F)(F)C(F)(F)C(F)(F)C(F)(F)C(F)(F)F)c1. The van der Waals surface area contributed by atoms with Gasteiger partial charge < -0.3 is 14.2 Å². The summed E-state index contributed by atoms with van der Waals surface area (Å²) in [5, 5.41) is 3.91. The van der Waals surface area contributed by atoms with Crippen molar-refractivity contribution in [1.82, 2.24) is 0 Å². The fourth-order valence-electron chi connectivity index (χ4n) is 3.87. The monoisotopic (exact) mass is 810 g/mol. The van der Waals surface area contributed by atoms with E-state index >= 15 is 0 Å². The number of amides is 2. The van der Waals surface area contributed by atoms with E-state index in [4.69, 9.17) is 9.47 Å². The van der Waals surface area contributed by atoms with Crippen LogP contribution in [0.4, 0.5) is 95.6 Å². The number of ether oxygens (including phenoxy) is 3. The first kappa shape index (κ1) is 47.1. The molecule has 2 amide bonds. The van der Waals surface area contributed by atoms with E-state index in [1.54, 1.807) is 0 Å². The number of alkyl halides is 15. The van der Waals surface area contributed by atoms with E-state index in [-0.39, 0.29) is 13.2 Å². The molecule has 0 unspecified atom stereocenters. The van der Waals surface area contributed by atoms with Crippen molar-refractivity contribution in [2.45, 2.75) is 107 Å². The smallest absolute Gasteiger partial charge is 0.449 e. The molecule has 0 bridgehead atoms. The van der Waals surface area contributed by atoms with Gasteiger partial charge in [-0.15, -0.1) is 0 Å². The zero-order valence-electron chi connectivity index (χ0n) is 27.3. The third-order valence-electron chi connectivity index (χ3n) is 6.84. The Morgan fingerprint density at radius 3 is 1.30 bits per heavy atom. The summed E-state index contributed by atoms with van der Waals surface area (Å²) in [6.45, 7) is 3.39. The first-order valence-electron chi connectivity index (χ1n) is 15.2. The number of nitrogens with one attached hydrogen (secondary N) is 2. The van der Waals surface area contributed by atoms with Gasteiger partial charge >= 0.3 is 59.9 Å². The molecule has 306 valence electrons. The largest absolute Gasteiger partial charge is 0.460 e. The fraction of sp³-hybridized carbons (Fsp3) is 0.655. The molecule has 0 aliphatic carbocycles. The maximum absolute atomic E-state index is 14.5. The molecule has 0 atom stereocenters. The van der Waals surface area contributed by atoms with Crippen LogP contribution < -0.4 is 15.4 Å². The second-order valence-electron chi connectivity index (χ2n) is 11.0. The molecule has 0 heterocycles. The molecule has 1 rings (SSSR count). The molecule has 24 heteroatoms. The Balaban J connectivity index is 3.54. The molecule has 0 aliphatic rings. The molecule has 0 fully saturated rings. The van der Waals surface area contributed by atoms with Gasteiger partial charge in [0, 0.05) is 23.5 Å². The molecular weight excluding hydrogens is 779 g/mol. The van der Waals surface area contributed by atoms with E-state index < -0.39 is 82.9 Å². The number of hydrogen-bond acceptors (Lipinski definition) is 5. The predicted octanol–water partition coefficient (Wildman–Crippen LogP) is 11.8. The van der Waals surface area contributed by atoms with Crippen LogP contribution in [0.5, 0.6) is 5.75 Å². The van der Waals surface area contributed by atoms with Crippen molar-refractivity contribution in [1.29, 1.82) is 0 Å². The van der Waals surface area contributed by atoms with E-state index in [0.29, 0.717) is 37.8 Å². The molecule has 1 aromatic carbocycles. The number of anilines is 2. The van der Waals surface area contributed by atoms with Crippen molar-refractivity contribution in [3.63, 3.8) is 0 Å². The Kier molecular flexibility index (Phi) is 16.0. The van der Waals surface area contributed by atoms with Crippen LogP contribution in [0.2, 0.25) is 0 Å². The Morgan fingerprint density at radius 2 is 0.925 bits per heavy atom. The Bertz CT molecular complexity index is 1370. The van der Waals surface area contributed by atoms with Gasteiger partial charge in [0.1, 0.15) is 5.75 Å². The van der Waals surface area contributed by atoms with E-state index in [0.717, 1.165) is 31.7 Å². The van der Waals surface area contributed by atoms with E-state index in [1.165, 1.54) is 0 Å². The number of allylic oxidation sites excluding steroid dienone is 1. The molecule has 53 heavy (non-hydrogen) atoms. The molecule has 0 radical (unpaired) electrons. The average molecular weight is 811 g/mol. The fourth-order valence-corrected chi connectivity index (χ4v) is 3.87. The van der Waals surface area contributed by atoms with Gasteiger partial charge in [0.05, 0.1) is 13.2 Å². The second kappa shape index (κ2) is 18.0.